The number of fused-ring (bicyclic) bond motifs is 1. The molecule has 1 N–H and O–H groups in total. The second kappa shape index (κ2) is 7.76. The van der Waals surface area contributed by atoms with Crippen LogP contribution in [0.25, 0.3) is 0 Å². The molecule has 1 aromatic rings. The Bertz CT molecular complexity index is 580. The quantitative estimate of drug-likeness (QED) is 0.642. The summed E-state index contributed by atoms with van der Waals surface area (Å²) in [5, 5.41) is 2.80. The fourth-order valence-electron chi connectivity index (χ4n) is 2.77. The highest BCUT2D eigenvalue weighted by molar-refractivity contribution is 5.97. The molecule has 0 spiro atoms. The molecule has 23 heavy (non-hydrogen) atoms. The third-order valence-electron chi connectivity index (χ3n) is 3.77. The summed E-state index contributed by atoms with van der Waals surface area (Å²) in [6, 6.07) is 7.40. The second-order valence-electron chi connectivity index (χ2n) is 5.33. The molecule has 0 bridgehead atoms. The first-order chi connectivity index (χ1) is 11.1. The van der Waals surface area contributed by atoms with E-state index >= 15 is 0 Å². The van der Waals surface area contributed by atoms with Crippen LogP contribution in [0.15, 0.2) is 24.3 Å². The normalized spacial score (nSPS) is 16.5. The zero-order valence-electron chi connectivity index (χ0n) is 13.3. The number of rotatable bonds is 6. The smallest absolute Gasteiger partial charge is 0.320 e. The Morgan fingerprint density at radius 1 is 1.17 bits per heavy atom. The molecule has 1 unspecified atom stereocenters. The van der Waals surface area contributed by atoms with Crippen molar-refractivity contribution in [3.8, 4) is 0 Å². The fraction of sp³-hybridized carbons (Fsp3) is 0.471. The zero-order valence-corrected chi connectivity index (χ0v) is 13.3. The molecule has 0 saturated carbocycles. The Balaban J connectivity index is 2.23. The summed E-state index contributed by atoms with van der Waals surface area (Å²) in [5.74, 6) is -2.57. The number of esters is 2. The molecule has 0 saturated heterocycles. The van der Waals surface area contributed by atoms with Crippen molar-refractivity contribution in [3.05, 3.63) is 29.8 Å². The number of amides is 1. The molecule has 1 amide bonds. The first kappa shape index (κ1) is 17.0. The largest absolute Gasteiger partial charge is 0.465 e. The van der Waals surface area contributed by atoms with Gasteiger partial charge >= 0.3 is 11.9 Å². The van der Waals surface area contributed by atoms with Crippen LogP contribution in [0.1, 0.15) is 38.2 Å². The van der Waals surface area contributed by atoms with E-state index in [1.807, 2.05) is 24.3 Å². The highest BCUT2D eigenvalue weighted by atomic mass is 16.6. The molecule has 6 nitrogen and oxygen atoms in total. The summed E-state index contributed by atoms with van der Waals surface area (Å²) in [4.78, 5) is 36.1. The van der Waals surface area contributed by atoms with Crippen LogP contribution in [0.2, 0.25) is 0 Å². The van der Waals surface area contributed by atoms with Gasteiger partial charge in [-0.15, -0.1) is 0 Å². The number of benzene rings is 1. The maximum absolute atomic E-state index is 12.1. The number of ether oxygens (including phenoxy) is 2. The SMILES string of the molecule is CCOC(=O)C(CC1CC(=O)Nc2ccccc21)C(=O)OCC. The van der Waals surface area contributed by atoms with Gasteiger partial charge in [0.25, 0.3) is 0 Å². The van der Waals surface area contributed by atoms with Crippen molar-refractivity contribution in [2.45, 2.75) is 32.6 Å². The Hall–Kier alpha value is -2.37. The highest BCUT2D eigenvalue weighted by Gasteiger charge is 2.35. The third kappa shape index (κ3) is 4.09. The number of nitrogens with one attached hydrogen (secondary N) is 1. The standard InChI is InChI=1S/C17H21NO5/c1-3-22-16(20)13(17(21)23-4-2)9-11-10-15(19)18-14-8-6-5-7-12(11)14/h5-8,11,13H,3-4,9-10H2,1-2H3,(H,18,19). The predicted octanol–water partition coefficient (Wildman–Crippen LogP) is 2.24. The number of carbonyl (C=O) groups is 3. The first-order valence-electron chi connectivity index (χ1n) is 7.78. The van der Waals surface area contributed by atoms with Crippen LogP contribution in [-0.4, -0.2) is 31.1 Å². The molecular formula is C17H21NO5. The van der Waals surface area contributed by atoms with Crippen LogP contribution < -0.4 is 5.32 Å². The molecule has 1 atom stereocenters. The van der Waals surface area contributed by atoms with E-state index in [1.165, 1.54) is 0 Å². The van der Waals surface area contributed by atoms with E-state index in [0.717, 1.165) is 11.3 Å². The van der Waals surface area contributed by atoms with Crippen LogP contribution in [0, 0.1) is 5.92 Å². The predicted molar refractivity (Wildman–Crippen MR) is 83.8 cm³/mol. The Labute approximate surface area is 135 Å². The minimum Gasteiger partial charge on any atom is -0.465 e. The van der Waals surface area contributed by atoms with Crippen molar-refractivity contribution in [2.24, 2.45) is 5.92 Å². The van der Waals surface area contributed by atoms with Crippen molar-refractivity contribution in [3.63, 3.8) is 0 Å². The van der Waals surface area contributed by atoms with E-state index in [-0.39, 0.29) is 37.9 Å². The van der Waals surface area contributed by atoms with Crippen molar-refractivity contribution in [1.29, 1.82) is 0 Å². The van der Waals surface area contributed by atoms with Gasteiger partial charge in [0.2, 0.25) is 5.91 Å². The Morgan fingerprint density at radius 3 is 2.39 bits per heavy atom. The molecule has 0 fully saturated rings. The molecule has 0 radical (unpaired) electrons. The third-order valence-corrected chi connectivity index (χ3v) is 3.77. The lowest BCUT2D eigenvalue weighted by molar-refractivity contribution is -0.162. The van der Waals surface area contributed by atoms with Crippen LogP contribution in [-0.2, 0) is 23.9 Å². The molecule has 1 heterocycles. The number of carbonyl (C=O) groups excluding carboxylic acids is 3. The maximum atomic E-state index is 12.1. The van der Waals surface area contributed by atoms with E-state index < -0.39 is 17.9 Å². The van der Waals surface area contributed by atoms with E-state index in [2.05, 4.69) is 5.32 Å². The van der Waals surface area contributed by atoms with Gasteiger partial charge in [-0.2, -0.15) is 0 Å². The molecular weight excluding hydrogens is 298 g/mol. The highest BCUT2D eigenvalue weighted by Crippen LogP contribution is 2.36. The summed E-state index contributed by atoms with van der Waals surface area (Å²) in [6.07, 6.45) is 0.425. The van der Waals surface area contributed by atoms with E-state index in [0.29, 0.717) is 0 Å². The van der Waals surface area contributed by atoms with Gasteiger partial charge in [0.05, 0.1) is 13.2 Å². The van der Waals surface area contributed by atoms with E-state index in [9.17, 15) is 14.4 Å². The minimum atomic E-state index is -1.01. The van der Waals surface area contributed by atoms with Crippen molar-refractivity contribution in [2.75, 3.05) is 18.5 Å². The van der Waals surface area contributed by atoms with Crippen molar-refractivity contribution >= 4 is 23.5 Å². The minimum absolute atomic E-state index is 0.125. The fourth-order valence-corrected chi connectivity index (χ4v) is 2.77. The summed E-state index contributed by atoms with van der Waals surface area (Å²) in [7, 11) is 0. The first-order valence-corrected chi connectivity index (χ1v) is 7.78. The molecule has 124 valence electrons. The van der Waals surface area contributed by atoms with E-state index in [1.54, 1.807) is 13.8 Å². The molecule has 6 heteroatoms. The van der Waals surface area contributed by atoms with Crippen LogP contribution in [0.4, 0.5) is 5.69 Å². The Kier molecular flexibility index (Phi) is 5.73. The maximum Gasteiger partial charge on any atom is 0.320 e. The van der Waals surface area contributed by atoms with Gasteiger partial charge in [0, 0.05) is 12.1 Å². The molecule has 0 aromatic heterocycles. The van der Waals surface area contributed by atoms with Gasteiger partial charge in [-0.05, 0) is 37.8 Å². The molecule has 2 rings (SSSR count). The lowest BCUT2D eigenvalue weighted by Gasteiger charge is -2.27. The summed E-state index contributed by atoms with van der Waals surface area (Å²) < 4.78 is 9.98. The lowest BCUT2D eigenvalue weighted by atomic mass is 9.83. The number of para-hydroxylation sites is 1. The van der Waals surface area contributed by atoms with Gasteiger partial charge < -0.3 is 14.8 Å². The number of hydrogen-bond acceptors (Lipinski definition) is 5. The van der Waals surface area contributed by atoms with Gasteiger partial charge in [0.15, 0.2) is 5.92 Å². The summed E-state index contributed by atoms with van der Waals surface area (Å²) >= 11 is 0. The van der Waals surface area contributed by atoms with Gasteiger partial charge in [-0.1, -0.05) is 18.2 Å². The van der Waals surface area contributed by atoms with E-state index in [4.69, 9.17) is 9.47 Å². The van der Waals surface area contributed by atoms with Gasteiger partial charge in [0.1, 0.15) is 0 Å². The average molecular weight is 319 g/mol. The molecule has 0 aliphatic carbocycles. The monoisotopic (exact) mass is 319 g/mol. The van der Waals surface area contributed by atoms with Crippen LogP contribution in [0.5, 0.6) is 0 Å². The number of hydrogen-bond donors (Lipinski definition) is 1. The van der Waals surface area contributed by atoms with Gasteiger partial charge in [-0.25, -0.2) is 0 Å². The molecule has 1 aromatic carbocycles. The summed E-state index contributed by atoms with van der Waals surface area (Å²) in [6.45, 7) is 3.75. The zero-order chi connectivity index (χ0) is 16.8. The second-order valence-corrected chi connectivity index (χ2v) is 5.33. The molecule has 1 aliphatic rings. The Morgan fingerprint density at radius 2 is 1.78 bits per heavy atom. The summed E-state index contributed by atoms with van der Waals surface area (Å²) in [5.41, 5.74) is 1.64. The lowest BCUT2D eigenvalue weighted by Crippen LogP contribution is -2.32. The number of anilines is 1. The van der Waals surface area contributed by atoms with Crippen molar-refractivity contribution < 1.29 is 23.9 Å². The van der Waals surface area contributed by atoms with Gasteiger partial charge in [-0.3, -0.25) is 14.4 Å². The van der Waals surface area contributed by atoms with Crippen LogP contribution >= 0.6 is 0 Å². The van der Waals surface area contributed by atoms with Crippen LogP contribution in [0.3, 0.4) is 0 Å². The molecule has 1 aliphatic heterocycles. The topological polar surface area (TPSA) is 81.7 Å². The van der Waals surface area contributed by atoms with Crippen molar-refractivity contribution in [1.82, 2.24) is 0 Å². The average Bonchev–Trinajstić information content (AvgIpc) is 2.52.